The maximum atomic E-state index is 11.8. The second kappa shape index (κ2) is 8.10. The summed E-state index contributed by atoms with van der Waals surface area (Å²) in [5, 5.41) is 6.91. The molecule has 1 atom stereocenters. The second-order valence-electron chi connectivity index (χ2n) is 3.92. The van der Waals surface area contributed by atoms with Gasteiger partial charge in [-0.1, -0.05) is 12.1 Å². The monoisotopic (exact) mass is 263 g/mol. The lowest BCUT2D eigenvalue weighted by Gasteiger charge is -2.09. The number of hydrogen-bond acceptors (Lipinski definition) is 5. The highest BCUT2D eigenvalue weighted by molar-refractivity contribution is 4.89. The molecule has 0 bridgehead atoms. The van der Waals surface area contributed by atoms with Crippen molar-refractivity contribution in [2.75, 3.05) is 20.3 Å². The molecule has 0 radical (unpaired) electrons. The van der Waals surface area contributed by atoms with E-state index in [1.54, 1.807) is 0 Å². The molecular weight excluding hydrogens is 244 g/mol. The fourth-order valence-corrected chi connectivity index (χ4v) is 1.47. The fraction of sp³-hybridized carbons (Fsp3) is 0.818. The Labute approximate surface area is 105 Å². The largest absolute Gasteiger partial charge is 0.375 e. The Morgan fingerprint density at radius 3 is 2.83 bits per heavy atom. The smallest absolute Gasteiger partial charge is 0.261 e. The maximum Gasteiger partial charge on any atom is 0.261 e. The minimum atomic E-state index is -2.44. The van der Waals surface area contributed by atoms with Crippen LogP contribution in [0.5, 0.6) is 0 Å². The molecule has 104 valence electrons. The van der Waals surface area contributed by atoms with Gasteiger partial charge in [-0.3, -0.25) is 0 Å². The minimum Gasteiger partial charge on any atom is -0.375 e. The van der Waals surface area contributed by atoms with E-state index in [0.29, 0.717) is 30.6 Å². The van der Waals surface area contributed by atoms with Crippen molar-refractivity contribution in [3.63, 3.8) is 0 Å². The Hall–Kier alpha value is -1.08. The van der Waals surface area contributed by atoms with E-state index in [9.17, 15) is 8.78 Å². The summed E-state index contributed by atoms with van der Waals surface area (Å²) in [6.45, 7) is 1.69. The summed E-state index contributed by atoms with van der Waals surface area (Å²) < 4.78 is 33.4. The van der Waals surface area contributed by atoms with Crippen LogP contribution in [-0.2, 0) is 17.6 Å². The minimum absolute atomic E-state index is 0.173. The third kappa shape index (κ3) is 5.50. The van der Waals surface area contributed by atoms with Crippen LogP contribution < -0.4 is 5.32 Å². The Bertz CT molecular complexity index is 330. The molecule has 5 nitrogen and oxygen atoms in total. The number of ether oxygens (including phenoxy) is 1. The molecule has 0 amide bonds. The van der Waals surface area contributed by atoms with Gasteiger partial charge in [-0.15, -0.1) is 0 Å². The van der Waals surface area contributed by atoms with Gasteiger partial charge in [0.05, 0.1) is 6.61 Å². The molecule has 1 rings (SSSR count). The molecule has 0 aliphatic carbocycles. The highest BCUT2D eigenvalue weighted by atomic mass is 19.3. The van der Waals surface area contributed by atoms with Crippen LogP contribution in [0.2, 0.25) is 0 Å². The summed E-state index contributed by atoms with van der Waals surface area (Å²) in [4.78, 5) is 4.18. The SMILES string of the molecule is CCC(Cc1nc(CCOCC(F)F)no1)NC. The van der Waals surface area contributed by atoms with Crippen LogP contribution in [0.4, 0.5) is 8.78 Å². The number of halogens is 2. The Balaban J connectivity index is 2.29. The molecule has 7 heteroatoms. The molecule has 1 N–H and O–H groups in total. The topological polar surface area (TPSA) is 60.2 Å². The lowest BCUT2D eigenvalue weighted by molar-refractivity contribution is 0.0182. The highest BCUT2D eigenvalue weighted by Crippen LogP contribution is 2.04. The molecule has 0 aromatic carbocycles. The van der Waals surface area contributed by atoms with Gasteiger partial charge in [0.25, 0.3) is 6.43 Å². The molecule has 0 saturated heterocycles. The Morgan fingerprint density at radius 1 is 1.44 bits per heavy atom. The van der Waals surface area contributed by atoms with Gasteiger partial charge in [0.1, 0.15) is 6.61 Å². The van der Waals surface area contributed by atoms with E-state index in [2.05, 4.69) is 22.4 Å². The molecule has 18 heavy (non-hydrogen) atoms. The zero-order valence-electron chi connectivity index (χ0n) is 10.7. The van der Waals surface area contributed by atoms with Crippen molar-refractivity contribution in [1.82, 2.24) is 15.5 Å². The number of rotatable bonds is 9. The summed E-state index contributed by atoms with van der Waals surface area (Å²) >= 11 is 0. The van der Waals surface area contributed by atoms with Gasteiger partial charge in [-0.05, 0) is 13.5 Å². The first-order valence-electron chi connectivity index (χ1n) is 6.00. The Kier molecular flexibility index (Phi) is 6.74. The van der Waals surface area contributed by atoms with Crippen LogP contribution in [0.15, 0.2) is 4.52 Å². The summed E-state index contributed by atoms with van der Waals surface area (Å²) in [5.74, 6) is 1.05. The van der Waals surface area contributed by atoms with Gasteiger partial charge in [0.15, 0.2) is 5.82 Å². The lowest BCUT2D eigenvalue weighted by Crippen LogP contribution is -2.26. The molecule has 0 saturated carbocycles. The van der Waals surface area contributed by atoms with E-state index in [1.807, 2.05) is 7.05 Å². The molecule has 0 spiro atoms. The summed E-state index contributed by atoms with van der Waals surface area (Å²) in [6, 6.07) is 0.299. The average Bonchev–Trinajstić information content (AvgIpc) is 2.79. The van der Waals surface area contributed by atoms with Gasteiger partial charge in [-0.25, -0.2) is 8.78 Å². The van der Waals surface area contributed by atoms with Crippen LogP contribution in [0.1, 0.15) is 25.1 Å². The molecule has 0 fully saturated rings. The van der Waals surface area contributed by atoms with Gasteiger partial charge in [0, 0.05) is 18.9 Å². The van der Waals surface area contributed by atoms with E-state index in [1.165, 1.54) is 0 Å². The molecule has 1 unspecified atom stereocenters. The van der Waals surface area contributed by atoms with Crippen molar-refractivity contribution in [2.45, 2.75) is 38.7 Å². The van der Waals surface area contributed by atoms with Gasteiger partial charge in [-0.2, -0.15) is 4.98 Å². The summed E-state index contributed by atoms with van der Waals surface area (Å²) in [7, 11) is 1.88. The highest BCUT2D eigenvalue weighted by Gasteiger charge is 2.11. The number of likely N-dealkylation sites (N-methyl/N-ethyl adjacent to an activating group) is 1. The first kappa shape index (κ1) is 15.0. The van der Waals surface area contributed by atoms with E-state index >= 15 is 0 Å². The van der Waals surface area contributed by atoms with Gasteiger partial charge in [0.2, 0.25) is 5.89 Å². The summed E-state index contributed by atoms with van der Waals surface area (Å²) in [5.41, 5.74) is 0. The van der Waals surface area contributed by atoms with Crippen molar-refractivity contribution in [2.24, 2.45) is 0 Å². The lowest BCUT2D eigenvalue weighted by atomic mass is 10.1. The van der Waals surface area contributed by atoms with Crippen LogP contribution in [0.25, 0.3) is 0 Å². The van der Waals surface area contributed by atoms with Crippen molar-refractivity contribution < 1.29 is 18.0 Å². The van der Waals surface area contributed by atoms with E-state index in [4.69, 9.17) is 9.26 Å². The normalized spacial score (nSPS) is 13.2. The first-order valence-corrected chi connectivity index (χ1v) is 6.00. The summed E-state index contributed by atoms with van der Waals surface area (Å²) in [6.07, 6.45) is -0.428. The zero-order chi connectivity index (χ0) is 13.4. The standard InChI is InChI=1S/C11H19F2N3O2/c1-3-8(14-2)6-11-15-10(16-18-11)4-5-17-7-9(12)13/h8-9,14H,3-7H2,1-2H3. The Morgan fingerprint density at radius 2 is 2.22 bits per heavy atom. The van der Waals surface area contributed by atoms with Gasteiger partial charge < -0.3 is 14.6 Å². The third-order valence-corrected chi connectivity index (χ3v) is 2.55. The number of aromatic nitrogens is 2. The molecule has 0 aliphatic rings. The predicted molar refractivity (Wildman–Crippen MR) is 61.7 cm³/mol. The quantitative estimate of drug-likeness (QED) is 0.683. The van der Waals surface area contributed by atoms with Crippen LogP contribution in [0, 0.1) is 0 Å². The van der Waals surface area contributed by atoms with E-state index < -0.39 is 13.0 Å². The van der Waals surface area contributed by atoms with E-state index in [-0.39, 0.29) is 6.61 Å². The van der Waals surface area contributed by atoms with Crippen molar-refractivity contribution in [3.05, 3.63) is 11.7 Å². The second-order valence-corrected chi connectivity index (χ2v) is 3.92. The zero-order valence-corrected chi connectivity index (χ0v) is 10.7. The molecule has 1 heterocycles. The van der Waals surface area contributed by atoms with E-state index in [0.717, 1.165) is 6.42 Å². The number of nitrogens with one attached hydrogen (secondary N) is 1. The van der Waals surface area contributed by atoms with Crippen molar-refractivity contribution in [3.8, 4) is 0 Å². The molecule has 0 aliphatic heterocycles. The average molecular weight is 263 g/mol. The molecule has 1 aromatic rings. The molecular formula is C11H19F2N3O2. The fourth-order valence-electron chi connectivity index (χ4n) is 1.47. The van der Waals surface area contributed by atoms with Crippen molar-refractivity contribution >= 4 is 0 Å². The van der Waals surface area contributed by atoms with Gasteiger partial charge >= 0.3 is 0 Å². The van der Waals surface area contributed by atoms with Crippen LogP contribution in [-0.4, -0.2) is 42.9 Å². The van der Waals surface area contributed by atoms with Crippen molar-refractivity contribution in [1.29, 1.82) is 0 Å². The maximum absolute atomic E-state index is 11.8. The first-order chi connectivity index (χ1) is 8.65. The third-order valence-electron chi connectivity index (χ3n) is 2.55. The predicted octanol–water partition coefficient (Wildman–Crippen LogP) is 1.43. The molecule has 1 aromatic heterocycles. The number of hydrogen-bond donors (Lipinski definition) is 1. The van der Waals surface area contributed by atoms with Crippen LogP contribution in [0.3, 0.4) is 0 Å². The number of nitrogens with zero attached hydrogens (tertiary/aromatic N) is 2. The number of alkyl halides is 2. The van der Waals surface area contributed by atoms with Crippen LogP contribution >= 0.6 is 0 Å².